The normalized spacial score (nSPS) is 10.3. The van der Waals surface area contributed by atoms with Gasteiger partial charge in [0.25, 0.3) is 0 Å². The van der Waals surface area contributed by atoms with Crippen molar-refractivity contribution >= 4 is 15.9 Å². The molecule has 2 aromatic rings. The van der Waals surface area contributed by atoms with Gasteiger partial charge in [0.2, 0.25) is 5.95 Å². The van der Waals surface area contributed by atoms with E-state index < -0.39 is 5.95 Å². The molecule has 2 rings (SSSR count). The van der Waals surface area contributed by atoms with E-state index in [1.165, 1.54) is 6.20 Å². The Morgan fingerprint density at radius 2 is 2.13 bits per heavy atom. The standard InChI is InChI=1S/C11H8BrFN2/c12-5-9-4-10(7-15-11(9)13)8-2-1-3-14-6-8/h1-4,6-7H,5H2. The van der Waals surface area contributed by atoms with Crippen molar-refractivity contribution in [2.24, 2.45) is 0 Å². The molecule has 0 fully saturated rings. The topological polar surface area (TPSA) is 25.8 Å². The molecular weight excluding hydrogens is 259 g/mol. The lowest BCUT2D eigenvalue weighted by Crippen LogP contribution is -1.92. The smallest absolute Gasteiger partial charge is 0.216 e. The lowest BCUT2D eigenvalue weighted by Gasteiger charge is -2.03. The Bertz CT molecular complexity index is 459. The van der Waals surface area contributed by atoms with Crippen molar-refractivity contribution in [3.05, 3.63) is 48.3 Å². The maximum Gasteiger partial charge on any atom is 0.216 e. The molecule has 2 aromatic heterocycles. The third kappa shape index (κ3) is 2.21. The minimum absolute atomic E-state index is 0.431. The van der Waals surface area contributed by atoms with Crippen LogP contribution in [0.25, 0.3) is 11.1 Å². The molecule has 0 radical (unpaired) electrons. The van der Waals surface area contributed by atoms with E-state index >= 15 is 0 Å². The number of rotatable bonds is 2. The van der Waals surface area contributed by atoms with E-state index in [2.05, 4.69) is 25.9 Å². The molecule has 0 saturated carbocycles. The zero-order valence-corrected chi connectivity index (χ0v) is 9.41. The molecule has 0 saturated heterocycles. The van der Waals surface area contributed by atoms with Crippen molar-refractivity contribution in [1.82, 2.24) is 9.97 Å². The maximum atomic E-state index is 13.1. The average molecular weight is 267 g/mol. The van der Waals surface area contributed by atoms with Gasteiger partial charge >= 0.3 is 0 Å². The van der Waals surface area contributed by atoms with Crippen LogP contribution in [0.2, 0.25) is 0 Å². The van der Waals surface area contributed by atoms with Crippen molar-refractivity contribution in [3.8, 4) is 11.1 Å². The Labute approximate surface area is 95.3 Å². The van der Waals surface area contributed by atoms with E-state index in [1.54, 1.807) is 18.5 Å². The van der Waals surface area contributed by atoms with Gasteiger partial charge in [-0.2, -0.15) is 4.39 Å². The van der Waals surface area contributed by atoms with Crippen LogP contribution < -0.4 is 0 Å². The second-order valence-electron chi connectivity index (χ2n) is 3.05. The molecule has 0 aliphatic heterocycles. The van der Waals surface area contributed by atoms with E-state index in [1.807, 2.05) is 12.1 Å². The fraction of sp³-hybridized carbons (Fsp3) is 0.0909. The van der Waals surface area contributed by atoms with Gasteiger partial charge in [0, 0.05) is 40.6 Å². The first-order valence-corrected chi connectivity index (χ1v) is 5.54. The Balaban J connectivity index is 2.46. The third-order valence-electron chi connectivity index (χ3n) is 2.05. The Hall–Kier alpha value is -1.29. The van der Waals surface area contributed by atoms with E-state index in [0.29, 0.717) is 10.9 Å². The van der Waals surface area contributed by atoms with Gasteiger partial charge in [-0.3, -0.25) is 4.98 Å². The highest BCUT2D eigenvalue weighted by Gasteiger charge is 2.05. The van der Waals surface area contributed by atoms with Gasteiger partial charge in [0.1, 0.15) is 0 Å². The Kier molecular flexibility index (Phi) is 3.06. The molecule has 2 nitrogen and oxygen atoms in total. The van der Waals surface area contributed by atoms with Crippen LogP contribution in [-0.4, -0.2) is 9.97 Å². The van der Waals surface area contributed by atoms with Gasteiger partial charge in [-0.05, 0) is 12.1 Å². The molecule has 2 heterocycles. The average Bonchev–Trinajstić information content (AvgIpc) is 2.31. The summed E-state index contributed by atoms with van der Waals surface area (Å²) >= 11 is 3.22. The van der Waals surface area contributed by atoms with Crippen molar-refractivity contribution in [3.63, 3.8) is 0 Å². The fourth-order valence-corrected chi connectivity index (χ4v) is 1.67. The predicted molar refractivity (Wildman–Crippen MR) is 60.1 cm³/mol. The van der Waals surface area contributed by atoms with E-state index in [9.17, 15) is 4.39 Å². The number of hydrogen-bond donors (Lipinski definition) is 0. The van der Waals surface area contributed by atoms with Crippen LogP contribution in [0.3, 0.4) is 0 Å². The molecule has 15 heavy (non-hydrogen) atoms. The summed E-state index contributed by atoms with van der Waals surface area (Å²) in [5.41, 5.74) is 2.36. The van der Waals surface area contributed by atoms with E-state index in [4.69, 9.17) is 0 Å². The summed E-state index contributed by atoms with van der Waals surface area (Å²) in [6.45, 7) is 0. The second kappa shape index (κ2) is 4.49. The molecule has 0 aromatic carbocycles. The molecule has 0 bridgehead atoms. The molecule has 76 valence electrons. The lowest BCUT2D eigenvalue weighted by atomic mass is 10.1. The molecule has 0 spiro atoms. The summed E-state index contributed by atoms with van der Waals surface area (Å²) in [7, 11) is 0. The van der Waals surface area contributed by atoms with E-state index in [0.717, 1.165) is 11.1 Å². The van der Waals surface area contributed by atoms with Crippen LogP contribution in [0.15, 0.2) is 36.8 Å². The van der Waals surface area contributed by atoms with Crippen LogP contribution in [0, 0.1) is 5.95 Å². The molecule has 0 atom stereocenters. The molecule has 0 unspecified atom stereocenters. The van der Waals surface area contributed by atoms with Crippen molar-refractivity contribution < 1.29 is 4.39 Å². The fourth-order valence-electron chi connectivity index (χ4n) is 1.28. The number of alkyl halides is 1. The molecule has 0 aliphatic rings. The van der Waals surface area contributed by atoms with Crippen molar-refractivity contribution in [2.45, 2.75) is 5.33 Å². The molecular formula is C11H8BrFN2. The number of pyridine rings is 2. The molecule has 0 N–H and O–H groups in total. The summed E-state index contributed by atoms with van der Waals surface area (Å²) in [5.74, 6) is -0.431. The minimum atomic E-state index is -0.431. The van der Waals surface area contributed by atoms with Crippen molar-refractivity contribution in [1.29, 1.82) is 0 Å². The molecule has 4 heteroatoms. The SMILES string of the molecule is Fc1ncc(-c2cccnc2)cc1CBr. The van der Waals surface area contributed by atoms with Gasteiger partial charge in [-0.1, -0.05) is 22.0 Å². The van der Waals surface area contributed by atoms with Crippen LogP contribution >= 0.6 is 15.9 Å². The van der Waals surface area contributed by atoms with Gasteiger partial charge in [0.05, 0.1) is 0 Å². The van der Waals surface area contributed by atoms with Crippen LogP contribution in [0.5, 0.6) is 0 Å². The summed E-state index contributed by atoms with van der Waals surface area (Å²) in [4.78, 5) is 7.71. The predicted octanol–water partition coefficient (Wildman–Crippen LogP) is 3.18. The highest BCUT2D eigenvalue weighted by atomic mass is 79.9. The minimum Gasteiger partial charge on any atom is -0.264 e. The summed E-state index contributed by atoms with van der Waals surface area (Å²) in [6.07, 6.45) is 4.94. The van der Waals surface area contributed by atoms with Gasteiger partial charge < -0.3 is 0 Å². The first-order chi connectivity index (χ1) is 7.31. The summed E-state index contributed by atoms with van der Waals surface area (Å²) < 4.78 is 13.1. The Morgan fingerprint density at radius 1 is 1.27 bits per heavy atom. The first kappa shape index (κ1) is 10.2. The largest absolute Gasteiger partial charge is 0.264 e. The van der Waals surface area contributed by atoms with Gasteiger partial charge in [0.15, 0.2) is 0 Å². The highest BCUT2D eigenvalue weighted by molar-refractivity contribution is 9.08. The maximum absolute atomic E-state index is 13.1. The lowest BCUT2D eigenvalue weighted by molar-refractivity contribution is 0.574. The second-order valence-corrected chi connectivity index (χ2v) is 3.61. The quantitative estimate of drug-likeness (QED) is 0.617. The highest BCUT2D eigenvalue weighted by Crippen LogP contribution is 2.20. The monoisotopic (exact) mass is 266 g/mol. The zero-order valence-electron chi connectivity index (χ0n) is 7.82. The first-order valence-electron chi connectivity index (χ1n) is 4.42. The van der Waals surface area contributed by atoms with Gasteiger partial charge in [-0.15, -0.1) is 0 Å². The van der Waals surface area contributed by atoms with Crippen LogP contribution in [0.1, 0.15) is 5.56 Å². The third-order valence-corrected chi connectivity index (χ3v) is 2.65. The number of aromatic nitrogens is 2. The summed E-state index contributed by atoms with van der Waals surface area (Å²) in [5, 5.41) is 0.458. The van der Waals surface area contributed by atoms with Crippen LogP contribution in [0.4, 0.5) is 4.39 Å². The zero-order chi connectivity index (χ0) is 10.7. The molecule has 0 amide bonds. The number of nitrogens with zero attached hydrogens (tertiary/aromatic N) is 2. The number of halogens is 2. The van der Waals surface area contributed by atoms with Crippen molar-refractivity contribution in [2.75, 3.05) is 0 Å². The summed E-state index contributed by atoms with van der Waals surface area (Å²) in [6, 6.07) is 5.53. The Morgan fingerprint density at radius 3 is 2.80 bits per heavy atom. The number of hydrogen-bond acceptors (Lipinski definition) is 2. The van der Waals surface area contributed by atoms with E-state index in [-0.39, 0.29) is 0 Å². The van der Waals surface area contributed by atoms with Gasteiger partial charge in [-0.25, -0.2) is 4.98 Å². The molecule has 0 aliphatic carbocycles. The van der Waals surface area contributed by atoms with Crippen LogP contribution in [-0.2, 0) is 5.33 Å².